The fourth-order valence-electron chi connectivity index (χ4n) is 2.51. The van der Waals surface area contributed by atoms with Gasteiger partial charge in [-0.15, -0.1) is 0 Å². The maximum absolute atomic E-state index is 4.83. The largest absolute Gasteiger partial charge is 0.370 e. The summed E-state index contributed by atoms with van der Waals surface area (Å²) in [4.78, 5) is 9.49. The van der Waals surface area contributed by atoms with Gasteiger partial charge in [-0.25, -0.2) is 9.97 Å². The molecule has 0 spiro atoms. The first-order chi connectivity index (χ1) is 10.1. The normalized spacial score (nSPS) is 10.7. The molecule has 0 atom stereocenters. The Morgan fingerprint density at radius 2 is 1.76 bits per heavy atom. The van der Waals surface area contributed by atoms with Crippen LogP contribution in [0.15, 0.2) is 18.2 Å². The van der Waals surface area contributed by atoms with E-state index >= 15 is 0 Å². The van der Waals surface area contributed by atoms with Gasteiger partial charge in [-0.2, -0.15) is 0 Å². The van der Waals surface area contributed by atoms with Crippen molar-refractivity contribution >= 4 is 5.82 Å². The van der Waals surface area contributed by atoms with Crippen LogP contribution in [-0.4, -0.2) is 16.5 Å². The van der Waals surface area contributed by atoms with Crippen molar-refractivity contribution in [1.82, 2.24) is 9.97 Å². The Morgan fingerprint density at radius 1 is 1.00 bits per heavy atom. The summed E-state index contributed by atoms with van der Waals surface area (Å²) >= 11 is 0. The van der Waals surface area contributed by atoms with Gasteiger partial charge >= 0.3 is 0 Å². The van der Waals surface area contributed by atoms with Crippen LogP contribution in [0.25, 0.3) is 11.3 Å². The minimum absolute atomic E-state index is 0.871. The zero-order valence-corrected chi connectivity index (χ0v) is 13.7. The van der Waals surface area contributed by atoms with Crippen molar-refractivity contribution in [1.29, 1.82) is 0 Å². The van der Waals surface area contributed by atoms with Crippen molar-refractivity contribution in [2.75, 3.05) is 11.9 Å². The molecule has 21 heavy (non-hydrogen) atoms. The maximum atomic E-state index is 4.83. The van der Waals surface area contributed by atoms with Gasteiger partial charge in [0, 0.05) is 24.1 Å². The summed E-state index contributed by atoms with van der Waals surface area (Å²) < 4.78 is 0. The summed E-state index contributed by atoms with van der Waals surface area (Å²) in [6.07, 6.45) is 1.97. The molecule has 112 valence electrons. The van der Waals surface area contributed by atoms with Crippen LogP contribution in [0.5, 0.6) is 0 Å². The molecule has 1 heterocycles. The number of anilines is 1. The monoisotopic (exact) mass is 283 g/mol. The number of rotatable bonds is 5. The Balaban J connectivity index is 2.63. The van der Waals surface area contributed by atoms with Crippen molar-refractivity contribution in [3.8, 4) is 11.3 Å². The highest BCUT2D eigenvalue weighted by Gasteiger charge is 2.14. The fourth-order valence-corrected chi connectivity index (χ4v) is 2.51. The number of hydrogen-bond donors (Lipinski definition) is 1. The first kappa shape index (κ1) is 15.5. The second-order valence-corrected chi connectivity index (χ2v) is 5.49. The van der Waals surface area contributed by atoms with Crippen LogP contribution in [0.1, 0.15) is 42.8 Å². The zero-order chi connectivity index (χ0) is 15.4. The molecule has 0 radical (unpaired) electrons. The molecule has 0 saturated carbocycles. The van der Waals surface area contributed by atoms with Gasteiger partial charge in [0.2, 0.25) is 0 Å². The SMILES string of the molecule is CCCc1nc(NCC)c(C)c(-c2cccc(C)c2C)n1. The van der Waals surface area contributed by atoms with Crippen molar-refractivity contribution in [3.05, 3.63) is 40.7 Å². The van der Waals surface area contributed by atoms with Crippen LogP contribution in [0.3, 0.4) is 0 Å². The van der Waals surface area contributed by atoms with E-state index < -0.39 is 0 Å². The molecule has 0 aliphatic carbocycles. The topological polar surface area (TPSA) is 37.8 Å². The van der Waals surface area contributed by atoms with E-state index in [0.29, 0.717) is 0 Å². The quantitative estimate of drug-likeness (QED) is 0.880. The predicted molar refractivity (Wildman–Crippen MR) is 89.8 cm³/mol. The highest BCUT2D eigenvalue weighted by atomic mass is 15.0. The standard InChI is InChI=1S/C18H25N3/c1-6-9-16-20-17(14(5)18(21-16)19-7-2)15-11-8-10-12(3)13(15)4/h8,10-11H,6-7,9H2,1-5H3,(H,19,20,21). The molecule has 1 aromatic carbocycles. The molecule has 0 aliphatic rings. The third kappa shape index (κ3) is 3.23. The Labute approximate surface area is 127 Å². The minimum atomic E-state index is 0.871. The second-order valence-electron chi connectivity index (χ2n) is 5.49. The number of aryl methyl sites for hydroxylation is 2. The Bertz CT molecular complexity index is 633. The molecular weight excluding hydrogens is 258 g/mol. The van der Waals surface area contributed by atoms with Gasteiger partial charge in [0.05, 0.1) is 5.69 Å². The van der Waals surface area contributed by atoms with Gasteiger partial charge in [-0.3, -0.25) is 0 Å². The van der Waals surface area contributed by atoms with E-state index in [9.17, 15) is 0 Å². The van der Waals surface area contributed by atoms with Crippen molar-refractivity contribution in [3.63, 3.8) is 0 Å². The van der Waals surface area contributed by atoms with E-state index in [1.54, 1.807) is 0 Å². The third-order valence-electron chi connectivity index (χ3n) is 3.87. The van der Waals surface area contributed by atoms with Crippen molar-refractivity contribution in [2.24, 2.45) is 0 Å². The summed E-state index contributed by atoms with van der Waals surface area (Å²) in [5, 5.41) is 3.37. The number of aromatic nitrogens is 2. The molecule has 1 aromatic heterocycles. The number of nitrogens with one attached hydrogen (secondary N) is 1. The van der Waals surface area contributed by atoms with Crippen LogP contribution in [0.2, 0.25) is 0 Å². The van der Waals surface area contributed by atoms with Crippen molar-refractivity contribution < 1.29 is 0 Å². The van der Waals surface area contributed by atoms with Gasteiger partial charge in [-0.1, -0.05) is 25.1 Å². The van der Waals surface area contributed by atoms with E-state index in [4.69, 9.17) is 4.98 Å². The summed E-state index contributed by atoms with van der Waals surface area (Å²) in [6, 6.07) is 6.41. The van der Waals surface area contributed by atoms with E-state index in [-0.39, 0.29) is 0 Å². The number of benzene rings is 1. The molecule has 0 bridgehead atoms. The van der Waals surface area contributed by atoms with E-state index in [1.165, 1.54) is 16.7 Å². The molecule has 2 aromatic rings. The average molecular weight is 283 g/mol. The first-order valence-corrected chi connectivity index (χ1v) is 7.76. The Morgan fingerprint density at radius 3 is 2.43 bits per heavy atom. The third-order valence-corrected chi connectivity index (χ3v) is 3.87. The molecule has 3 nitrogen and oxygen atoms in total. The van der Waals surface area contributed by atoms with E-state index in [2.05, 4.69) is 63.1 Å². The lowest BCUT2D eigenvalue weighted by molar-refractivity contribution is 0.833. The van der Waals surface area contributed by atoms with E-state index in [0.717, 1.165) is 42.3 Å². The Hall–Kier alpha value is -1.90. The molecule has 0 aliphatic heterocycles. The molecule has 0 saturated heterocycles. The predicted octanol–water partition coefficient (Wildman–Crippen LogP) is 4.45. The molecule has 0 amide bonds. The summed E-state index contributed by atoms with van der Waals surface area (Å²) in [7, 11) is 0. The number of hydrogen-bond acceptors (Lipinski definition) is 3. The summed E-state index contributed by atoms with van der Waals surface area (Å²) in [6.45, 7) is 11.5. The summed E-state index contributed by atoms with van der Waals surface area (Å²) in [5.41, 5.74) is 6.00. The van der Waals surface area contributed by atoms with Gasteiger partial charge in [0.15, 0.2) is 0 Å². The van der Waals surface area contributed by atoms with Gasteiger partial charge in [0.25, 0.3) is 0 Å². The average Bonchev–Trinajstić information content (AvgIpc) is 2.46. The van der Waals surface area contributed by atoms with Gasteiger partial charge in [0.1, 0.15) is 11.6 Å². The zero-order valence-electron chi connectivity index (χ0n) is 13.7. The minimum Gasteiger partial charge on any atom is -0.370 e. The highest BCUT2D eigenvalue weighted by Crippen LogP contribution is 2.29. The smallest absolute Gasteiger partial charge is 0.133 e. The van der Waals surface area contributed by atoms with E-state index in [1.807, 2.05) is 0 Å². The lowest BCUT2D eigenvalue weighted by Crippen LogP contribution is -2.08. The molecule has 1 N–H and O–H groups in total. The molecule has 0 unspecified atom stereocenters. The van der Waals surface area contributed by atoms with Crippen LogP contribution < -0.4 is 5.32 Å². The lowest BCUT2D eigenvalue weighted by Gasteiger charge is -2.15. The lowest BCUT2D eigenvalue weighted by atomic mass is 9.98. The van der Waals surface area contributed by atoms with Crippen LogP contribution in [0.4, 0.5) is 5.82 Å². The molecule has 2 rings (SSSR count). The van der Waals surface area contributed by atoms with Crippen LogP contribution in [0, 0.1) is 20.8 Å². The second kappa shape index (κ2) is 6.70. The van der Waals surface area contributed by atoms with Crippen molar-refractivity contribution in [2.45, 2.75) is 47.5 Å². The van der Waals surface area contributed by atoms with Gasteiger partial charge in [-0.05, 0) is 45.2 Å². The maximum Gasteiger partial charge on any atom is 0.133 e. The van der Waals surface area contributed by atoms with Crippen LogP contribution in [-0.2, 0) is 6.42 Å². The number of nitrogens with zero attached hydrogens (tertiary/aromatic N) is 2. The molecule has 3 heteroatoms. The first-order valence-electron chi connectivity index (χ1n) is 7.76. The molecular formula is C18H25N3. The Kier molecular flexibility index (Phi) is 4.94. The van der Waals surface area contributed by atoms with Gasteiger partial charge < -0.3 is 5.32 Å². The summed E-state index contributed by atoms with van der Waals surface area (Å²) in [5.74, 6) is 1.89. The highest BCUT2D eigenvalue weighted by molar-refractivity contribution is 5.71. The fraction of sp³-hybridized carbons (Fsp3) is 0.444. The molecule has 0 fully saturated rings. The van der Waals surface area contributed by atoms with Crippen LogP contribution >= 0.6 is 0 Å².